The molecule has 0 atom stereocenters. The Morgan fingerprint density at radius 3 is 2.68 bits per heavy atom. The van der Waals surface area contributed by atoms with Crippen LogP contribution >= 0.6 is 23.2 Å². The first-order chi connectivity index (χ1) is 16.4. The number of halogens is 2. The van der Waals surface area contributed by atoms with Gasteiger partial charge in [-0.05, 0) is 30.3 Å². The Morgan fingerprint density at radius 2 is 2.03 bits per heavy atom. The van der Waals surface area contributed by atoms with Crippen LogP contribution in [0, 0.1) is 11.3 Å². The van der Waals surface area contributed by atoms with Crippen molar-refractivity contribution in [2.45, 2.75) is 18.9 Å². The van der Waals surface area contributed by atoms with Crippen LogP contribution in [0.5, 0.6) is 11.5 Å². The quantitative estimate of drug-likeness (QED) is 0.439. The highest BCUT2D eigenvalue weighted by Gasteiger charge is 2.24. The molecule has 0 aliphatic carbocycles. The van der Waals surface area contributed by atoms with Crippen molar-refractivity contribution >= 4 is 51.4 Å². The average molecular weight is 497 g/mol. The van der Waals surface area contributed by atoms with Gasteiger partial charge in [0.2, 0.25) is 5.91 Å². The van der Waals surface area contributed by atoms with E-state index < -0.39 is 0 Å². The summed E-state index contributed by atoms with van der Waals surface area (Å²) >= 11 is 12.4. The van der Waals surface area contributed by atoms with Gasteiger partial charge in [-0.1, -0.05) is 29.8 Å². The van der Waals surface area contributed by atoms with E-state index in [0.29, 0.717) is 75.3 Å². The molecule has 0 radical (unpaired) electrons. The minimum absolute atomic E-state index is 0.0755. The molecule has 0 bridgehead atoms. The number of aromatic nitrogens is 1. The summed E-state index contributed by atoms with van der Waals surface area (Å²) in [6.07, 6.45) is 4.11. The molecule has 1 fully saturated rings. The Hall–Kier alpha value is -3.47. The van der Waals surface area contributed by atoms with Crippen LogP contribution in [0.3, 0.4) is 0 Å². The largest absolute Gasteiger partial charge is 0.493 e. The van der Waals surface area contributed by atoms with E-state index in [1.54, 1.807) is 36.3 Å². The molecule has 0 saturated carbocycles. The van der Waals surface area contributed by atoms with E-state index in [2.05, 4.69) is 22.9 Å². The molecule has 0 unspecified atom stereocenters. The van der Waals surface area contributed by atoms with Crippen LogP contribution in [0.25, 0.3) is 10.9 Å². The van der Waals surface area contributed by atoms with Gasteiger partial charge in [0.1, 0.15) is 12.2 Å². The normalized spacial score (nSPS) is 13.9. The molecule has 2 heterocycles. The number of hydrogen-bond acceptors (Lipinski definition) is 6. The van der Waals surface area contributed by atoms with Gasteiger partial charge in [-0.2, -0.15) is 5.26 Å². The zero-order valence-electron chi connectivity index (χ0n) is 18.5. The Balaban J connectivity index is 1.69. The number of hydrogen-bond donors (Lipinski definition) is 1. The SMILES string of the molecule is C=CC(=O)N1CCC(Oc2cc3c(Nc4ccc(Cl)cc4Cl)c(C#N)cnc3cc2OC)CC1. The molecule has 0 spiro atoms. The smallest absolute Gasteiger partial charge is 0.245 e. The van der Waals surface area contributed by atoms with Crippen LogP contribution in [0.4, 0.5) is 11.4 Å². The second-order valence-electron chi connectivity index (χ2n) is 7.77. The number of likely N-dealkylation sites (tertiary alicyclic amines) is 1. The Kier molecular flexibility index (Phi) is 7.11. The second kappa shape index (κ2) is 10.2. The fraction of sp³-hybridized carbons (Fsp3) is 0.240. The summed E-state index contributed by atoms with van der Waals surface area (Å²) in [4.78, 5) is 18.0. The van der Waals surface area contributed by atoms with E-state index in [0.717, 1.165) is 0 Å². The number of amides is 1. The number of carbonyl (C=O) groups excluding carboxylic acids is 1. The summed E-state index contributed by atoms with van der Waals surface area (Å²) in [6.45, 7) is 4.73. The average Bonchev–Trinajstić information content (AvgIpc) is 2.85. The number of methoxy groups -OCH3 is 1. The predicted octanol–water partition coefficient (Wildman–Crippen LogP) is 5.72. The highest BCUT2D eigenvalue weighted by atomic mass is 35.5. The van der Waals surface area contributed by atoms with Crippen LogP contribution in [-0.2, 0) is 4.79 Å². The third-order valence-electron chi connectivity index (χ3n) is 5.69. The number of ether oxygens (including phenoxy) is 2. The molecule has 1 N–H and O–H groups in total. The van der Waals surface area contributed by atoms with Gasteiger partial charge >= 0.3 is 0 Å². The lowest BCUT2D eigenvalue weighted by Gasteiger charge is -2.31. The Morgan fingerprint density at radius 1 is 1.26 bits per heavy atom. The van der Waals surface area contributed by atoms with Gasteiger partial charge in [-0.15, -0.1) is 0 Å². The van der Waals surface area contributed by atoms with Crippen molar-refractivity contribution in [3.8, 4) is 17.6 Å². The third-order valence-corrected chi connectivity index (χ3v) is 6.23. The molecule has 1 aliphatic heterocycles. The fourth-order valence-electron chi connectivity index (χ4n) is 3.90. The molecule has 2 aromatic carbocycles. The van der Waals surface area contributed by atoms with E-state index in [-0.39, 0.29) is 12.0 Å². The number of nitrogens with zero attached hydrogens (tertiary/aromatic N) is 3. The minimum Gasteiger partial charge on any atom is -0.493 e. The zero-order chi connectivity index (χ0) is 24.2. The van der Waals surface area contributed by atoms with Crippen molar-refractivity contribution in [2.75, 3.05) is 25.5 Å². The van der Waals surface area contributed by atoms with Crippen molar-refractivity contribution in [2.24, 2.45) is 0 Å². The first-order valence-electron chi connectivity index (χ1n) is 10.6. The minimum atomic E-state index is -0.0885. The summed E-state index contributed by atoms with van der Waals surface area (Å²) in [6, 6.07) is 10.9. The van der Waals surface area contributed by atoms with Crippen molar-refractivity contribution < 1.29 is 14.3 Å². The zero-order valence-corrected chi connectivity index (χ0v) is 20.0. The maximum Gasteiger partial charge on any atom is 0.245 e. The number of carbonyl (C=O) groups is 1. The van der Waals surface area contributed by atoms with E-state index in [1.807, 2.05) is 6.07 Å². The molecule has 1 saturated heterocycles. The topological polar surface area (TPSA) is 87.5 Å². The third kappa shape index (κ3) is 4.89. The number of pyridine rings is 1. The molecule has 1 aliphatic rings. The number of rotatable bonds is 6. The predicted molar refractivity (Wildman–Crippen MR) is 133 cm³/mol. The molecular weight excluding hydrogens is 475 g/mol. The van der Waals surface area contributed by atoms with Gasteiger partial charge in [-0.25, -0.2) is 0 Å². The van der Waals surface area contributed by atoms with Crippen molar-refractivity contribution in [3.63, 3.8) is 0 Å². The van der Waals surface area contributed by atoms with E-state index >= 15 is 0 Å². The fourth-order valence-corrected chi connectivity index (χ4v) is 4.36. The molecule has 34 heavy (non-hydrogen) atoms. The van der Waals surface area contributed by atoms with Crippen LogP contribution in [0.15, 0.2) is 49.2 Å². The molecule has 7 nitrogen and oxygen atoms in total. The molecule has 1 amide bonds. The number of benzene rings is 2. The van der Waals surface area contributed by atoms with Crippen LogP contribution in [-0.4, -0.2) is 42.1 Å². The summed E-state index contributed by atoms with van der Waals surface area (Å²) in [5.41, 5.74) is 2.14. The first-order valence-corrected chi connectivity index (χ1v) is 11.4. The van der Waals surface area contributed by atoms with Crippen LogP contribution < -0.4 is 14.8 Å². The molecule has 3 aromatic rings. The monoisotopic (exact) mass is 496 g/mol. The van der Waals surface area contributed by atoms with Gasteiger partial charge < -0.3 is 19.7 Å². The molecule has 174 valence electrons. The van der Waals surface area contributed by atoms with E-state index in [1.165, 1.54) is 12.3 Å². The maximum absolute atomic E-state index is 11.9. The van der Waals surface area contributed by atoms with Gasteiger partial charge in [-0.3, -0.25) is 9.78 Å². The van der Waals surface area contributed by atoms with E-state index in [9.17, 15) is 10.1 Å². The van der Waals surface area contributed by atoms with Gasteiger partial charge in [0.05, 0.1) is 34.6 Å². The van der Waals surface area contributed by atoms with Crippen molar-refractivity contribution in [1.29, 1.82) is 5.26 Å². The van der Waals surface area contributed by atoms with Gasteiger partial charge in [0.25, 0.3) is 0 Å². The molecule has 4 rings (SSSR count). The van der Waals surface area contributed by atoms with Gasteiger partial charge in [0, 0.05) is 48.6 Å². The van der Waals surface area contributed by atoms with Crippen molar-refractivity contribution in [1.82, 2.24) is 9.88 Å². The van der Waals surface area contributed by atoms with Crippen LogP contribution in [0.1, 0.15) is 18.4 Å². The highest BCUT2D eigenvalue weighted by Crippen LogP contribution is 2.39. The Bertz CT molecular complexity index is 1300. The summed E-state index contributed by atoms with van der Waals surface area (Å²) in [5.74, 6) is 0.990. The van der Waals surface area contributed by atoms with Crippen molar-refractivity contribution in [3.05, 3.63) is 64.8 Å². The summed E-state index contributed by atoms with van der Waals surface area (Å²) in [5, 5.41) is 14.6. The molecule has 9 heteroatoms. The standard InChI is InChI=1S/C25H22Cl2N4O3/c1-3-24(32)31-8-6-17(7-9-31)34-23-11-18-21(12-22(23)33-2)29-14-15(13-28)25(18)30-20-5-4-16(26)10-19(20)27/h3-5,10-12,14,17H,1,6-9H2,2H3,(H,29,30). The summed E-state index contributed by atoms with van der Waals surface area (Å²) < 4.78 is 11.8. The van der Waals surface area contributed by atoms with Crippen LogP contribution in [0.2, 0.25) is 10.0 Å². The number of piperidine rings is 1. The Labute approximate surface area is 207 Å². The first kappa shape index (κ1) is 23.7. The number of nitrogens with one attached hydrogen (secondary N) is 1. The van der Waals surface area contributed by atoms with E-state index in [4.69, 9.17) is 32.7 Å². The lowest BCUT2D eigenvalue weighted by atomic mass is 10.1. The number of nitriles is 1. The lowest BCUT2D eigenvalue weighted by molar-refractivity contribution is -0.127. The summed E-state index contributed by atoms with van der Waals surface area (Å²) in [7, 11) is 1.57. The maximum atomic E-state index is 11.9. The number of anilines is 2. The molecular formula is C25H22Cl2N4O3. The lowest BCUT2D eigenvalue weighted by Crippen LogP contribution is -2.41. The van der Waals surface area contributed by atoms with Gasteiger partial charge in [0.15, 0.2) is 11.5 Å². The highest BCUT2D eigenvalue weighted by molar-refractivity contribution is 6.36. The second-order valence-corrected chi connectivity index (χ2v) is 8.62. The number of fused-ring (bicyclic) bond motifs is 1. The molecule has 1 aromatic heterocycles.